The highest BCUT2D eigenvalue weighted by molar-refractivity contribution is 7.14. The molecule has 1 N–H and O–H groups in total. The van der Waals surface area contributed by atoms with Crippen molar-refractivity contribution in [3.63, 3.8) is 0 Å². The van der Waals surface area contributed by atoms with E-state index < -0.39 is 0 Å². The summed E-state index contributed by atoms with van der Waals surface area (Å²) in [6.45, 7) is 3.79. The molecule has 1 fully saturated rings. The summed E-state index contributed by atoms with van der Waals surface area (Å²) in [5.41, 5.74) is 1.05. The average Bonchev–Trinajstić information content (AvgIpc) is 3.14. The molecule has 2 amide bonds. The number of hydrogen-bond acceptors (Lipinski definition) is 5. The number of anilines is 2. The minimum atomic E-state index is 0.00375. The van der Waals surface area contributed by atoms with Gasteiger partial charge in [0.2, 0.25) is 0 Å². The van der Waals surface area contributed by atoms with Crippen molar-refractivity contribution < 1.29 is 4.79 Å². The molecule has 0 aromatic carbocycles. The Hall–Kier alpha value is -2.28. The first-order chi connectivity index (χ1) is 11.6. The lowest BCUT2D eigenvalue weighted by molar-refractivity contribution is 0.194. The van der Waals surface area contributed by atoms with Crippen molar-refractivity contribution in [2.45, 2.75) is 6.54 Å². The van der Waals surface area contributed by atoms with Crippen LogP contribution in [-0.4, -0.2) is 56.2 Å². The molecule has 0 bridgehead atoms. The lowest BCUT2D eigenvalue weighted by atomic mass is 10.2. The van der Waals surface area contributed by atoms with Gasteiger partial charge in [-0.15, -0.1) is 11.3 Å². The SMILES string of the molecule is CN(C)c1cc(CNC(=O)N2CCN(c3cccs3)CC2)ccn1. The number of nitrogens with zero attached hydrogens (tertiary/aromatic N) is 4. The molecule has 128 valence electrons. The minimum absolute atomic E-state index is 0.00375. The highest BCUT2D eigenvalue weighted by atomic mass is 32.1. The lowest BCUT2D eigenvalue weighted by Gasteiger charge is -2.35. The monoisotopic (exact) mass is 345 g/mol. The average molecular weight is 345 g/mol. The molecule has 2 aromatic rings. The van der Waals surface area contributed by atoms with Crippen molar-refractivity contribution >= 4 is 28.2 Å². The molecule has 2 aromatic heterocycles. The molecule has 0 aliphatic carbocycles. The van der Waals surface area contributed by atoms with Gasteiger partial charge in [-0.1, -0.05) is 0 Å². The maximum absolute atomic E-state index is 12.4. The Morgan fingerprint density at radius 2 is 2.08 bits per heavy atom. The molecule has 24 heavy (non-hydrogen) atoms. The van der Waals surface area contributed by atoms with Gasteiger partial charge in [0.25, 0.3) is 0 Å². The zero-order valence-electron chi connectivity index (χ0n) is 14.1. The number of amides is 2. The molecule has 6 nitrogen and oxygen atoms in total. The summed E-state index contributed by atoms with van der Waals surface area (Å²) >= 11 is 1.75. The second kappa shape index (κ2) is 7.53. The van der Waals surface area contributed by atoms with E-state index >= 15 is 0 Å². The summed E-state index contributed by atoms with van der Waals surface area (Å²) < 4.78 is 0. The van der Waals surface area contributed by atoms with Crippen LogP contribution in [0.3, 0.4) is 0 Å². The molecule has 0 unspecified atom stereocenters. The van der Waals surface area contributed by atoms with Crippen molar-refractivity contribution in [2.24, 2.45) is 0 Å². The van der Waals surface area contributed by atoms with Crippen molar-refractivity contribution in [2.75, 3.05) is 50.1 Å². The van der Waals surface area contributed by atoms with E-state index in [-0.39, 0.29) is 6.03 Å². The Morgan fingerprint density at radius 3 is 2.75 bits per heavy atom. The number of hydrogen-bond donors (Lipinski definition) is 1. The topological polar surface area (TPSA) is 51.7 Å². The van der Waals surface area contributed by atoms with Crippen molar-refractivity contribution in [1.82, 2.24) is 15.2 Å². The Morgan fingerprint density at radius 1 is 1.29 bits per heavy atom. The van der Waals surface area contributed by atoms with Crippen LogP contribution in [0.5, 0.6) is 0 Å². The quantitative estimate of drug-likeness (QED) is 0.923. The zero-order chi connectivity index (χ0) is 16.9. The summed E-state index contributed by atoms with van der Waals surface area (Å²) in [5, 5.41) is 6.38. The maximum Gasteiger partial charge on any atom is 0.317 e. The number of rotatable bonds is 4. The highest BCUT2D eigenvalue weighted by Gasteiger charge is 2.21. The van der Waals surface area contributed by atoms with Crippen LogP contribution in [0.4, 0.5) is 15.6 Å². The second-order valence-corrected chi connectivity index (χ2v) is 6.93. The van der Waals surface area contributed by atoms with Crippen LogP contribution in [0.25, 0.3) is 0 Å². The van der Waals surface area contributed by atoms with Crippen molar-refractivity contribution in [3.05, 3.63) is 41.4 Å². The summed E-state index contributed by atoms with van der Waals surface area (Å²) in [5.74, 6) is 0.895. The lowest BCUT2D eigenvalue weighted by Crippen LogP contribution is -2.51. The van der Waals surface area contributed by atoms with Crippen LogP contribution in [-0.2, 0) is 6.54 Å². The van der Waals surface area contributed by atoms with Crippen LogP contribution >= 0.6 is 11.3 Å². The van der Waals surface area contributed by atoms with E-state index in [0.29, 0.717) is 6.54 Å². The Bertz CT molecular complexity index is 665. The molecule has 0 spiro atoms. The zero-order valence-corrected chi connectivity index (χ0v) is 14.9. The molecular formula is C17H23N5OS. The first kappa shape index (κ1) is 16.6. The number of aromatic nitrogens is 1. The van der Waals surface area contributed by atoms with E-state index in [9.17, 15) is 4.79 Å². The normalized spacial score (nSPS) is 14.6. The molecule has 0 saturated carbocycles. The predicted octanol–water partition coefficient (Wildman–Crippen LogP) is 2.24. The third-order valence-corrected chi connectivity index (χ3v) is 5.03. The van der Waals surface area contributed by atoms with Gasteiger partial charge in [0.05, 0.1) is 5.00 Å². The Balaban J connectivity index is 1.48. The fraction of sp³-hybridized carbons (Fsp3) is 0.412. The fourth-order valence-electron chi connectivity index (χ4n) is 2.68. The summed E-state index contributed by atoms with van der Waals surface area (Å²) in [4.78, 5) is 22.8. The number of nitrogens with one attached hydrogen (secondary N) is 1. The standard InChI is InChI=1S/C17H23N5OS/c1-20(2)15-12-14(5-6-18-15)13-19-17(23)22-9-7-21(8-10-22)16-4-3-11-24-16/h3-6,11-12H,7-10,13H2,1-2H3,(H,19,23). The third kappa shape index (κ3) is 3.97. The van der Waals surface area contributed by atoms with E-state index in [0.717, 1.165) is 37.6 Å². The van der Waals surface area contributed by atoms with Gasteiger partial charge in [-0.2, -0.15) is 0 Å². The molecule has 1 aliphatic heterocycles. The van der Waals surface area contributed by atoms with Crippen LogP contribution in [0.2, 0.25) is 0 Å². The van der Waals surface area contributed by atoms with E-state index in [4.69, 9.17) is 0 Å². The van der Waals surface area contributed by atoms with E-state index in [1.807, 2.05) is 36.0 Å². The van der Waals surface area contributed by atoms with Gasteiger partial charge < -0.3 is 20.0 Å². The Labute approximate surface area is 146 Å². The highest BCUT2D eigenvalue weighted by Crippen LogP contribution is 2.22. The smallest absolute Gasteiger partial charge is 0.317 e. The number of thiophene rings is 1. The van der Waals surface area contributed by atoms with Gasteiger partial charge in [-0.25, -0.2) is 9.78 Å². The number of carbonyl (C=O) groups is 1. The molecule has 7 heteroatoms. The van der Waals surface area contributed by atoms with E-state index in [1.54, 1.807) is 17.5 Å². The predicted molar refractivity (Wildman–Crippen MR) is 98.9 cm³/mol. The van der Waals surface area contributed by atoms with Crippen molar-refractivity contribution in [3.8, 4) is 0 Å². The largest absolute Gasteiger partial charge is 0.363 e. The van der Waals surface area contributed by atoms with Gasteiger partial charge in [-0.05, 0) is 35.2 Å². The second-order valence-electron chi connectivity index (χ2n) is 6.00. The van der Waals surface area contributed by atoms with Crippen LogP contribution in [0.1, 0.15) is 5.56 Å². The Kier molecular flexibility index (Phi) is 5.20. The van der Waals surface area contributed by atoms with E-state index in [2.05, 4.69) is 32.7 Å². The van der Waals surface area contributed by atoms with Gasteiger partial charge >= 0.3 is 6.03 Å². The van der Waals surface area contributed by atoms with Crippen LogP contribution in [0.15, 0.2) is 35.8 Å². The van der Waals surface area contributed by atoms with Crippen LogP contribution in [0, 0.1) is 0 Å². The minimum Gasteiger partial charge on any atom is -0.363 e. The third-order valence-electron chi connectivity index (χ3n) is 4.10. The molecule has 1 saturated heterocycles. The van der Waals surface area contributed by atoms with Gasteiger partial charge in [0.1, 0.15) is 5.82 Å². The molecule has 0 atom stereocenters. The van der Waals surface area contributed by atoms with Gasteiger partial charge in [0, 0.05) is 53.0 Å². The number of urea groups is 1. The molecule has 3 rings (SSSR count). The number of piperazine rings is 1. The summed E-state index contributed by atoms with van der Waals surface area (Å²) in [7, 11) is 3.91. The van der Waals surface area contributed by atoms with Crippen LogP contribution < -0.4 is 15.1 Å². The first-order valence-corrected chi connectivity index (χ1v) is 8.95. The van der Waals surface area contributed by atoms with E-state index in [1.165, 1.54) is 5.00 Å². The number of pyridine rings is 1. The van der Waals surface area contributed by atoms with Gasteiger partial charge in [0.15, 0.2) is 0 Å². The first-order valence-electron chi connectivity index (χ1n) is 8.07. The number of carbonyl (C=O) groups excluding carboxylic acids is 1. The molecule has 0 radical (unpaired) electrons. The fourth-order valence-corrected chi connectivity index (χ4v) is 3.47. The summed E-state index contributed by atoms with van der Waals surface area (Å²) in [6.07, 6.45) is 1.77. The summed E-state index contributed by atoms with van der Waals surface area (Å²) in [6, 6.07) is 8.13. The molecular weight excluding hydrogens is 322 g/mol. The van der Waals surface area contributed by atoms with Gasteiger partial charge in [-0.3, -0.25) is 0 Å². The molecule has 1 aliphatic rings. The molecule has 3 heterocycles. The maximum atomic E-state index is 12.4. The van der Waals surface area contributed by atoms with Crippen molar-refractivity contribution in [1.29, 1.82) is 0 Å².